The molecule has 0 radical (unpaired) electrons. The largest absolute Gasteiger partial charge is 0.297 e. The van der Waals surface area contributed by atoms with Crippen molar-refractivity contribution in [2.75, 3.05) is 24.6 Å². The van der Waals surface area contributed by atoms with Crippen LogP contribution in [0.4, 0.5) is 0 Å². The van der Waals surface area contributed by atoms with Crippen LogP contribution in [0, 0.1) is 5.92 Å². The Balaban J connectivity index is 1.63. The van der Waals surface area contributed by atoms with Crippen LogP contribution in [0.15, 0.2) is 0 Å². The normalized spacial score (nSPS) is 36.6. The van der Waals surface area contributed by atoms with E-state index in [4.69, 9.17) is 0 Å². The van der Waals surface area contributed by atoms with E-state index >= 15 is 0 Å². The van der Waals surface area contributed by atoms with Gasteiger partial charge in [0.15, 0.2) is 9.84 Å². The van der Waals surface area contributed by atoms with Gasteiger partial charge in [-0.25, -0.2) is 8.42 Å². The summed E-state index contributed by atoms with van der Waals surface area (Å²) in [5.74, 6) is 1.29. The summed E-state index contributed by atoms with van der Waals surface area (Å²) in [7, 11) is -2.69. The van der Waals surface area contributed by atoms with E-state index < -0.39 is 9.84 Å². The van der Waals surface area contributed by atoms with Gasteiger partial charge in [0.25, 0.3) is 0 Å². The van der Waals surface area contributed by atoms with Gasteiger partial charge in [0.1, 0.15) is 0 Å². The fourth-order valence-corrected chi connectivity index (χ4v) is 5.61. The first-order chi connectivity index (χ1) is 7.60. The number of likely N-dealkylation sites (tertiary alicyclic amines) is 1. The standard InChI is InChI=1S/C12H21NO2S/c14-16(15)8-3-11(10-16)9-13-7-2-6-12(13)4-1-5-12/h11H,1-10H2. The summed E-state index contributed by atoms with van der Waals surface area (Å²) in [6.45, 7) is 2.25. The number of rotatable bonds is 2. The molecule has 1 spiro atoms. The van der Waals surface area contributed by atoms with Crippen molar-refractivity contribution in [1.29, 1.82) is 0 Å². The zero-order chi connectivity index (χ0) is 11.2. The van der Waals surface area contributed by atoms with Crippen molar-refractivity contribution in [2.24, 2.45) is 5.92 Å². The number of hydrogen-bond donors (Lipinski definition) is 0. The topological polar surface area (TPSA) is 37.4 Å². The van der Waals surface area contributed by atoms with Crippen molar-refractivity contribution in [3.8, 4) is 0 Å². The molecule has 0 bridgehead atoms. The van der Waals surface area contributed by atoms with Crippen molar-refractivity contribution in [3.63, 3.8) is 0 Å². The fraction of sp³-hybridized carbons (Fsp3) is 1.00. The Morgan fingerprint density at radius 3 is 2.50 bits per heavy atom. The Morgan fingerprint density at radius 2 is 1.94 bits per heavy atom. The highest BCUT2D eigenvalue weighted by molar-refractivity contribution is 7.91. The van der Waals surface area contributed by atoms with E-state index in [1.807, 2.05) is 0 Å². The molecule has 3 aliphatic rings. The molecule has 4 heteroatoms. The van der Waals surface area contributed by atoms with Crippen molar-refractivity contribution >= 4 is 9.84 Å². The van der Waals surface area contributed by atoms with Gasteiger partial charge in [-0.3, -0.25) is 4.90 Å². The molecule has 1 saturated carbocycles. The van der Waals surface area contributed by atoms with Crippen LogP contribution in [-0.4, -0.2) is 43.5 Å². The maximum Gasteiger partial charge on any atom is 0.150 e. The predicted molar refractivity (Wildman–Crippen MR) is 64.1 cm³/mol. The minimum atomic E-state index is -2.69. The molecular formula is C12H21NO2S. The lowest BCUT2D eigenvalue weighted by molar-refractivity contribution is 0.0456. The smallest absolute Gasteiger partial charge is 0.150 e. The molecule has 0 aromatic heterocycles. The van der Waals surface area contributed by atoms with Gasteiger partial charge in [0, 0.05) is 12.1 Å². The summed E-state index contributed by atoms with van der Waals surface area (Å²) < 4.78 is 22.9. The molecule has 0 aromatic rings. The summed E-state index contributed by atoms with van der Waals surface area (Å²) in [4.78, 5) is 2.61. The van der Waals surface area contributed by atoms with E-state index in [2.05, 4.69) is 4.90 Å². The number of sulfone groups is 1. The Hall–Kier alpha value is -0.0900. The van der Waals surface area contributed by atoms with E-state index in [1.165, 1.54) is 38.6 Å². The van der Waals surface area contributed by atoms with Crippen LogP contribution in [0.1, 0.15) is 38.5 Å². The lowest BCUT2D eigenvalue weighted by atomic mass is 9.74. The molecule has 0 amide bonds. The molecule has 16 heavy (non-hydrogen) atoms. The Kier molecular flexibility index (Phi) is 2.55. The van der Waals surface area contributed by atoms with E-state index in [9.17, 15) is 8.42 Å². The molecule has 1 atom stereocenters. The first-order valence-corrected chi connectivity index (χ1v) is 8.37. The van der Waals surface area contributed by atoms with Crippen LogP contribution in [0.5, 0.6) is 0 Å². The van der Waals surface area contributed by atoms with Crippen molar-refractivity contribution < 1.29 is 8.42 Å². The zero-order valence-electron chi connectivity index (χ0n) is 9.82. The molecule has 0 N–H and O–H groups in total. The highest BCUT2D eigenvalue weighted by Gasteiger charge is 2.46. The summed E-state index contributed by atoms with van der Waals surface area (Å²) in [6, 6.07) is 0. The predicted octanol–water partition coefficient (Wildman–Crippen LogP) is 1.44. The second kappa shape index (κ2) is 3.70. The second-order valence-electron chi connectivity index (χ2n) is 5.90. The summed E-state index contributed by atoms with van der Waals surface area (Å²) >= 11 is 0. The third kappa shape index (κ3) is 1.80. The minimum absolute atomic E-state index is 0.417. The molecular weight excluding hydrogens is 222 g/mol. The zero-order valence-corrected chi connectivity index (χ0v) is 10.6. The molecule has 1 aliphatic carbocycles. The van der Waals surface area contributed by atoms with Crippen LogP contribution in [0.25, 0.3) is 0 Å². The Bertz CT molecular complexity index is 372. The molecule has 2 heterocycles. The molecule has 3 nitrogen and oxygen atoms in total. The average Bonchev–Trinajstić information content (AvgIpc) is 2.69. The first kappa shape index (κ1) is 11.0. The third-order valence-corrected chi connectivity index (χ3v) is 6.67. The van der Waals surface area contributed by atoms with E-state index in [-0.39, 0.29) is 0 Å². The maximum absolute atomic E-state index is 11.4. The Labute approximate surface area is 98.1 Å². The third-order valence-electron chi connectivity index (χ3n) is 4.83. The molecule has 92 valence electrons. The van der Waals surface area contributed by atoms with Crippen LogP contribution in [-0.2, 0) is 9.84 Å². The first-order valence-electron chi connectivity index (χ1n) is 6.55. The monoisotopic (exact) mass is 243 g/mol. The van der Waals surface area contributed by atoms with E-state index in [0.29, 0.717) is 23.0 Å². The lowest BCUT2D eigenvalue weighted by Crippen LogP contribution is -2.50. The number of hydrogen-bond acceptors (Lipinski definition) is 3. The summed E-state index contributed by atoms with van der Waals surface area (Å²) in [5, 5.41) is 0. The Morgan fingerprint density at radius 1 is 1.19 bits per heavy atom. The molecule has 2 saturated heterocycles. The van der Waals surface area contributed by atoms with Crippen LogP contribution in [0.2, 0.25) is 0 Å². The highest BCUT2D eigenvalue weighted by atomic mass is 32.2. The average molecular weight is 243 g/mol. The fourth-order valence-electron chi connectivity index (χ4n) is 3.76. The van der Waals surface area contributed by atoms with Crippen molar-refractivity contribution in [1.82, 2.24) is 4.90 Å². The van der Waals surface area contributed by atoms with E-state index in [0.717, 1.165) is 13.0 Å². The second-order valence-corrected chi connectivity index (χ2v) is 8.13. The number of nitrogens with zero attached hydrogens (tertiary/aromatic N) is 1. The van der Waals surface area contributed by atoms with Gasteiger partial charge in [-0.05, 0) is 51.0 Å². The SMILES string of the molecule is O=S1(=O)CCC(CN2CCCC23CCC3)C1. The minimum Gasteiger partial charge on any atom is -0.297 e. The lowest BCUT2D eigenvalue weighted by Gasteiger charge is -2.46. The van der Waals surface area contributed by atoms with Gasteiger partial charge in [-0.15, -0.1) is 0 Å². The van der Waals surface area contributed by atoms with E-state index in [1.54, 1.807) is 0 Å². The highest BCUT2D eigenvalue weighted by Crippen LogP contribution is 2.45. The molecule has 1 unspecified atom stereocenters. The van der Waals surface area contributed by atoms with Crippen LogP contribution < -0.4 is 0 Å². The van der Waals surface area contributed by atoms with Crippen LogP contribution >= 0.6 is 0 Å². The molecule has 3 fully saturated rings. The van der Waals surface area contributed by atoms with Gasteiger partial charge in [0.05, 0.1) is 11.5 Å². The van der Waals surface area contributed by atoms with Gasteiger partial charge >= 0.3 is 0 Å². The molecule has 2 aliphatic heterocycles. The summed E-state index contributed by atoms with van der Waals surface area (Å²) in [6.07, 6.45) is 7.65. The molecule has 3 rings (SSSR count). The van der Waals surface area contributed by atoms with Gasteiger partial charge in [-0.2, -0.15) is 0 Å². The van der Waals surface area contributed by atoms with Gasteiger partial charge < -0.3 is 0 Å². The van der Waals surface area contributed by atoms with Crippen molar-refractivity contribution in [2.45, 2.75) is 44.1 Å². The molecule has 0 aromatic carbocycles. The summed E-state index contributed by atoms with van der Waals surface area (Å²) in [5.41, 5.74) is 0.506. The van der Waals surface area contributed by atoms with Crippen LogP contribution in [0.3, 0.4) is 0 Å². The van der Waals surface area contributed by atoms with Gasteiger partial charge in [0.2, 0.25) is 0 Å². The van der Waals surface area contributed by atoms with Crippen molar-refractivity contribution in [3.05, 3.63) is 0 Å². The van der Waals surface area contributed by atoms with Gasteiger partial charge in [-0.1, -0.05) is 0 Å². The maximum atomic E-state index is 11.4. The quantitative estimate of drug-likeness (QED) is 0.736.